The van der Waals surface area contributed by atoms with Crippen LogP contribution in [0.15, 0.2) is 121 Å². The summed E-state index contributed by atoms with van der Waals surface area (Å²) in [4.78, 5) is 113. The second-order valence-corrected chi connectivity index (χ2v) is 16.1. The maximum Gasteiger partial charge on any atom is 0.408 e. The van der Waals surface area contributed by atoms with Crippen molar-refractivity contribution in [3.8, 4) is 0 Å². The number of methoxy groups -OCH3 is 2. The van der Waals surface area contributed by atoms with Crippen molar-refractivity contribution in [2.75, 3.05) is 53.9 Å². The molecule has 2 unspecified atom stereocenters. The topological polar surface area (TPSA) is 330 Å². The first kappa shape index (κ1) is 68.4. The van der Waals surface area contributed by atoms with Gasteiger partial charge in [-0.15, -0.1) is 0 Å². The zero-order valence-electron chi connectivity index (χ0n) is 44.6. The normalized spacial score (nSPS) is 12.5. The maximum absolute atomic E-state index is 11.9. The molecule has 4 aromatic carbocycles. The van der Waals surface area contributed by atoms with E-state index in [1.807, 2.05) is 84.9 Å². The summed E-state index contributed by atoms with van der Waals surface area (Å²) in [5, 5.41) is 22.2. The van der Waals surface area contributed by atoms with Crippen LogP contribution >= 0.6 is 0 Å². The number of aliphatic hydroxyl groups excluding tert-OH is 2. The van der Waals surface area contributed by atoms with Crippen LogP contribution in [-0.4, -0.2) is 142 Å². The summed E-state index contributed by atoms with van der Waals surface area (Å²) >= 11 is 0. The van der Waals surface area contributed by atoms with E-state index in [2.05, 4.69) is 20.7 Å². The Hall–Kier alpha value is -8.58. The Morgan fingerprint density at radius 2 is 0.823 bits per heavy atom. The Kier molecular flexibility index (Phi) is 36.8. The number of hydrogen-bond acceptors (Lipinski definition) is 21. The van der Waals surface area contributed by atoms with Gasteiger partial charge in [0.25, 0.3) is 0 Å². The smallest absolute Gasteiger partial charge is 0.408 e. The SMILES string of the molecule is CC(=O)OCc1ccccc1.COCCOC(=O)C(CC(C)=O)NC(=O)OCc1ccccc1.COCCOC(=O)C(CC(C)=O)NC(=O)OCc1ccccc1.O=C1C[C@@H](NC(=O)OCc2ccccc2)C(=O)O1.OCCO. The lowest BCUT2D eigenvalue weighted by atomic mass is 10.1. The van der Waals surface area contributed by atoms with Gasteiger partial charge in [0.15, 0.2) is 0 Å². The number of hydrogen-bond donors (Lipinski definition) is 5. The first-order valence-corrected chi connectivity index (χ1v) is 24.3. The van der Waals surface area contributed by atoms with Gasteiger partial charge in [0.05, 0.1) is 32.8 Å². The molecule has 3 atom stereocenters. The zero-order chi connectivity index (χ0) is 58.6. The van der Waals surface area contributed by atoms with E-state index in [1.165, 1.54) is 35.0 Å². The summed E-state index contributed by atoms with van der Waals surface area (Å²) in [6.07, 6.45) is -2.80. The second-order valence-electron chi connectivity index (χ2n) is 16.1. The number of aliphatic hydroxyl groups is 2. The fourth-order valence-corrected chi connectivity index (χ4v) is 5.68. The summed E-state index contributed by atoms with van der Waals surface area (Å²) in [5.74, 6) is -3.54. The molecular weight excluding hydrogens is 1040 g/mol. The number of esters is 5. The number of ether oxygens (including phenoxy) is 9. The third kappa shape index (κ3) is 35.4. The summed E-state index contributed by atoms with van der Waals surface area (Å²) in [7, 11) is 2.94. The fourth-order valence-electron chi connectivity index (χ4n) is 5.68. The number of nitrogens with one attached hydrogen (secondary N) is 3. The van der Waals surface area contributed by atoms with Crippen molar-refractivity contribution in [3.05, 3.63) is 144 Å². The minimum atomic E-state index is -1.08. The number of alkyl carbamates (subject to hydrolysis) is 3. The maximum atomic E-state index is 11.9. The monoisotopic (exact) mass is 1110 g/mol. The Labute approximate surface area is 457 Å². The van der Waals surface area contributed by atoms with E-state index < -0.39 is 60.3 Å². The molecule has 1 aliphatic rings. The van der Waals surface area contributed by atoms with Crippen LogP contribution in [-0.2, 0) is 103 Å². The molecule has 4 aromatic rings. The van der Waals surface area contributed by atoms with Crippen molar-refractivity contribution in [2.45, 2.75) is 84.6 Å². The van der Waals surface area contributed by atoms with Crippen molar-refractivity contribution < 1.29 is 101 Å². The van der Waals surface area contributed by atoms with Crippen LogP contribution in [0, 0.1) is 0 Å². The molecule has 1 fully saturated rings. The summed E-state index contributed by atoms with van der Waals surface area (Å²) in [5.41, 5.74) is 3.47. The van der Waals surface area contributed by atoms with Crippen LogP contribution in [0.2, 0.25) is 0 Å². The molecule has 0 aromatic heterocycles. The minimum Gasteiger partial charge on any atom is -0.462 e. The number of benzene rings is 4. The highest BCUT2D eigenvalue weighted by molar-refractivity contribution is 5.98. The van der Waals surface area contributed by atoms with Crippen LogP contribution < -0.4 is 16.0 Å². The van der Waals surface area contributed by atoms with Crippen LogP contribution in [0.4, 0.5) is 14.4 Å². The molecule has 0 saturated carbocycles. The summed E-state index contributed by atoms with van der Waals surface area (Å²) < 4.78 is 43.4. The Morgan fingerprint density at radius 1 is 0.494 bits per heavy atom. The zero-order valence-corrected chi connectivity index (χ0v) is 44.6. The molecule has 24 heteroatoms. The molecule has 79 heavy (non-hydrogen) atoms. The van der Waals surface area contributed by atoms with Crippen molar-refractivity contribution in [2.24, 2.45) is 0 Å². The van der Waals surface area contributed by atoms with Crippen molar-refractivity contribution in [1.82, 2.24) is 16.0 Å². The highest BCUT2D eigenvalue weighted by Gasteiger charge is 2.35. The van der Waals surface area contributed by atoms with Crippen LogP contribution in [0.5, 0.6) is 0 Å². The molecule has 1 heterocycles. The molecule has 5 N–H and O–H groups in total. The number of Topliss-reactive ketones (excluding diaryl/α,β-unsaturated/α-hetero) is 2. The van der Waals surface area contributed by atoms with Gasteiger partial charge in [-0.3, -0.25) is 19.2 Å². The van der Waals surface area contributed by atoms with Gasteiger partial charge in [-0.1, -0.05) is 121 Å². The third-order valence-electron chi connectivity index (χ3n) is 9.38. The van der Waals surface area contributed by atoms with E-state index in [0.29, 0.717) is 6.61 Å². The molecule has 0 aliphatic carbocycles. The number of amides is 3. The molecule has 5 rings (SSSR count). The number of carbonyl (C=O) groups is 10. The largest absolute Gasteiger partial charge is 0.462 e. The van der Waals surface area contributed by atoms with E-state index in [-0.39, 0.29) is 96.3 Å². The predicted molar refractivity (Wildman–Crippen MR) is 279 cm³/mol. The molecule has 0 spiro atoms. The van der Waals surface area contributed by atoms with E-state index in [0.717, 1.165) is 22.3 Å². The van der Waals surface area contributed by atoms with E-state index in [9.17, 15) is 47.9 Å². The van der Waals surface area contributed by atoms with Crippen molar-refractivity contribution in [1.29, 1.82) is 0 Å². The van der Waals surface area contributed by atoms with Gasteiger partial charge in [0.2, 0.25) is 0 Å². The van der Waals surface area contributed by atoms with Gasteiger partial charge in [0, 0.05) is 34.0 Å². The molecule has 1 saturated heterocycles. The molecule has 0 radical (unpaired) electrons. The molecule has 430 valence electrons. The first-order valence-electron chi connectivity index (χ1n) is 24.3. The fraction of sp³-hybridized carbons (Fsp3) is 0.382. The van der Waals surface area contributed by atoms with Gasteiger partial charge in [-0.25, -0.2) is 28.8 Å². The lowest BCUT2D eigenvalue weighted by Gasteiger charge is -2.16. The van der Waals surface area contributed by atoms with Crippen LogP contribution in [0.25, 0.3) is 0 Å². The number of cyclic esters (lactones) is 2. The molecule has 0 bridgehead atoms. The van der Waals surface area contributed by atoms with Crippen LogP contribution in [0.1, 0.15) is 62.3 Å². The van der Waals surface area contributed by atoms with Gasteiger partial charge in [-0.05, 0) is 36.1 Å². The quantitative estimate of drug-likeness (QED) is 0.0281. The van der Waals surface area contributed by atoms with E-state index in [1.54, 1.807) is 36.4 Å². The number of ketones is 2. The predicted octanol–water partition coefficient (Wildman–Crippen LogP) is 4.38. The number of rotatable bonds is 24. The second kappa shape index (κ2) is 42.5. The minimum absolute atomic E-state index is 0.0461. The summed E-state index contributed by atoms with van der Waals surface area (Å²) in [6, 6.07) is 33.8. The lowest BCUT2D eigenvalue weighted by Crippen LogP contribution is -2.43. The highest BCUT2D eigenvalue weighted by atomic mass is 16.6. The lowest BCUT2D eigenvalue weighted by molar-refractivity contribution is -0.153. The Balaban J connectivity index is 0.000000527. The van der Waals surface area contributed by atoms with E-state index in [4.69, 9.17) is 48.1 Å². The molecule has 3 amide bonds. The van der Waals surface area contributed by atoms with Crippen molar-refractivity contribution in [3.63, 3.8) is 0 Å². The highest BCUT2D eigenvalue weighted by Crippen LogP contribution is 2.09. The standard InChI is InChI=1S/2C16H21NO6.C12H11NO5.C9H10O2.C2H6O2/c2*1-12(18)10-14(15(19)22-9-8-21-2)17-16(20)23-11-13-6-4-3-5-7-13;14-10-6-9(11(15)18-10)13-12(16)17-7-8-4-2-1-3-5-8;1-8(10)11-7-9-5-3-2-4-6-9;3-1-2-4/h2*3-7,14H,8-11H2,1-2H3,(H,17,20);1-5,9H,6-7H2,(H,13,16);2-6H,7H2,1H3;3-4H,1-2H2/t;;9-;;/m..1../s1. The Bertz CT molecular complexity index is 2330. The van der Waals surface area contributed by atoms with Gasteiger partial charge in [0.1, 0.15) is 69.3 Å². The average molecular weight is 1110 g/mol. The summed E-state index contributed by atoms with van der Waals surface area (Å²) in [6.45, 7) is 4.97. The third-order valence-corrected chi connectivity index (χ3v) is 9.38. The van der Waals surface area contributed by atoms with Crippen molar-refractivity contribution >= 4 is 59.7 Å². The number of carbonyl (C=O) groups excluding carboxylic acids is 10. The van der Waals surface area contributed by atoms with Gasteiger partial charge in [-0.2, -0.15) is 0 Å². The molecule has 1 aliphatic heterocycles. The van der Waals surface area contributed by atoms with Gasteiger partial charge >= 0.3 is 48.1 Å². The molecular formula is C55H69N3O21. The van der Waals surface area contributed by atoms with Gasteiger partial charge < -0.3 is 68.8 Å². The van der Waals surface area contributed by atoms with E-state index >= 15 is 0 Å². The van der Waals surface area contributed by atoms with Crippen LogP contribution in [0.3, 0.4) is 0 Å². The Morgan fingerprint density at radius 3 is 1.10 bits per heavy atom. The average Bonchev–Trinajstić information content (AvgIpc) is 3.77. The molecule has 24 nitrogen and oxygen atoms in total. The first-order chi connectivity index (χ1) is 37.9.